The molecule has 0 aliphatic carbocycles. The van der Waals surface area contributed by atoms with Crippen LogP contribution >= 0.6 is 0 Å². The van der Waals surface area contributed by atoms with Crippen molar-refractivity contribution in [2.45, 2.75) is 24.6 Å². The molecule has 0 bridgehead atoms. The van der Waals surface area contributed by atoms with E-state index in [9.17, 15) is 14.3 Å². The van der Waals surface area contributed by atoms with Crippen LogP contribution in [0.1, 0.15) is 6.23 Å². The molecule has 1 aromatic rings. The van der Waals surface area contributed by atoms with Gasteiger partial charge in [0, 0.05) is 6.20 Å². The first-order chi connectivity index (χ1) is 8.04. The van der Waals surface area contributed by atoms with Crippen molar-refractivity contribution in [3.8, 4) is 0 Å². The number of anilines is 1. The summed E-state index contributed by atoms with van der Waals surface area (Å²) in [7, 11) is 0. The van der Waals surface area contributed by atoms with Crippen LogP contribution in [0, 0.1) is 0 Å². The minimum atomic E-state index is -1.81. The van der Waals surface area contributed by atoms with Crippen LogP contribution in [-0.4, -0.2) is 44.8 Å². The Morgan fingerprint density at radius 2 is 2.35 bits per heavy atom. The minimum Gasteiger partial charge on any atom is -0.394 e. The van der Waals surface area contributed by atoms with Crippen molar-refractivity contribution in [1.29, 1.82) is 0 Å². The van der Waals surface area contributed by atoms with Crippen LogP contribution < -0.4 is 11.4 Å². The summed E-state index contributed by atoms with van der Waals surface area (Å²) in [5, 5.41) is 18.3. The Labute approximate surface area is 95.3 Å². The number of aliphatic hydroxyl groups excluding tert-OH is 2. The highest BCUT2D eigenvalue weighted by Crippen LogP contribution is 2.30. The molecule has 2 rings (SSSR count). The van der Waals surface area contributed by atoms with Gasteiger partial charge >= 0.3 is 5.69 Å². The molecule has 1 saturated heterocycles. The molecule has 4 atom stereocenters. The molecule has 2 heterocycles. The van der Waals surface area contributed by atoms with Crippen LogP contribution in [-0.2, 0) is 4.74 Å². The monoisotopic (exact) mass is 245 g/mol. The quantitative estimate of drug-likeness (QED) is 0.579. The molecule has 0 amide bonds. The first-order valence-electron chi connectivity index (χ1n) is 4.97. The number of aromatic nitrogens is 2. The molecule has 1 aliphatic rings. The second-order valence-electron chi connectivity index (χ2n) is 3.72. The van der Waals surface area contributed by atoms with Crippen molar-refractivity contribution in [2.75, 3.05) is 12.3 Å². The predicted molar refractivity (Wildman–Crippen MR) is 54.8 cm³/mol. The van der Waals surface area contributed by atoms with Crippen molar-refractivity contribution >= 4 is 5.82 Å². The van der Waals surface area contributed by atoms with Gasteiger partial charge in [0.1, 0.15) is 18.0 Å². The van der Waals surface area contributed by atoms with Gasteiger partial charge in [-0.3, -0.25) is 4.57 Å². The van der Waals surface area contributed by atoms with Crippen LogP contribution in [0.3, 0.4) is 0 Å². The average molecular weight is 245 g/mol. The number of hydrogen-bond acceptors (Lipinski definition) is 6. The number of nitrogens with zero attached hydrogens (tertiary/aromatic N) is 2. The van der Waals surface area contributed by atoms with E-state index in [4.69, 9.17) is 15.6 Å². The third kappa shape index (κ3) is 2.02. The second-order valence-corrected chi connectivity index (χ2v) is 3.72. The largest absolute Gasteiger partial charge is 0.394 e. The topological polar surface area (TPSA) is 111 Å². The molecule has 1 fully saturated rings. The molecular weight excluding hydrogens is 233 g/mol. The van der Waals surface area contributed by atoms with Gasteiger partial charge in [-0.15, -0.1) is 0 Å². The molecule has 0 spiro atoms. The van der Waals surface area contributed by atoms with E-state index in [0.717, 1.165) is 4.57 Å². The Kier molecular flexibility index (Phi) is 3.09. The Morgan fingerprint density at radius 3 is 2.88 bits per heavy atom. The van der Waals surface area contributed by atoms with Crippen molar-refractivity contribution in [1.82, 2.24) is 9.55 Å². The summed E-state index contributed by atoms with van der Waals surface area (Å²) in [4.78, 5) is 14.9. The number of rotatable bonds is 2. The fraction of sp³-hybridized carbons (Fsp3) is 0.556. The van der Waals surface area contributed by atoms with Crippen molar-refractivity contribution < 1.29 is 19.3 Å². The zero-order valence-corrected chi connectivity index (χ0v) is 8.73. The lowest BCUT2D eigenvalue weighted by molar-refractivity contribution is -0.0490. The van der Waals surface area contributed by atoms with Crippen molar-refractivity contribution in [2.24, 2.45) is 0 Å². The molecular formula is C9H12FN3O4. The van der Waals surface area contributed by atoms with E-state index in [1.165, 1.54) is 12.3 Å². The van der Waals surface area contributed by atoms with E-state index in [1.807, 2.05) is 0 Å². The average Bonchev–Trinajstić information content (AvgIpc) is 2.57. The fourth-order valence-electron chi connectivity index (χ4n) is 1.70. The Hall–Kier alpha value is -1.51. The maximum atomic E-state index is 13.7. The molecule has 0 radical (unpaired) electrons. The first kappa shape index (κ1) is 12.0. The number of nitrogens with two attached hydrogens (primary N) is 1. The lowest BCUT2D eigenvalue weighted by Gasteiger charge is -2.15. The highest BCUT2D eigenvalue weighted by molar-refractivity contribution is 5.23. The van der Waals surface area contributed by atoms with Crippen LogP contribution in [0.5, 0.6) is 0 Å². The molecule has 94 valence electrons. The van der Waals surface area contributed by atoms with E-state index >= 15 is 0 Å². The van der Waals surface area contributed by atoms with Gasteiger partial charge in [0.15, 0.2) is 12.4 Å². The smallest absolute Gasteiger partial charge is 0.351 e. The van der Waals surface area contributed by atoms with Crippen LogP contribution in [0.15, 0.2) is 17.1 Å². The number of halogens is 1. The van der Waals surface area contributed by atoms with Crippen LogP contribution in [0.2, 0.25) is 0 Å². The Morgan fingerprint density at radius 1 is 1.65 bits per heavy atom. The van der Waals surface area contributed by atoms with E-state index in [-0.39, 0.29) is 5.82 Å². The maximum Gasteiger partial charge on any atom is 0.351 e. The van der Waals surface area contributed by atoms with Gasteiger partial charge in [-0.25, -0.2) is 9.18 Å². The summed E-state index contributed by atoms with van der Waals surface area (Å²) >= 11 is 0. The zero-order chi connectivity index (χ0) is 12.6. The molecule has 8 heteroatoms. The van der Waals surface area contributed by atoms with Gasteiger partial charge in [0.25, 0.3) is 0 Å². The number of alkyl halides is 1. The highest BCUT2D eigenvalue weighted by Gasteiger charge is 2.45. The molecule has 4 N–H and O–H groups in total. The number of hydrogen-bond donors (Lipinski definition) is 3. The van der Waals surface area contributed by atoms with E-state index in [2.05, 4.69) is 4.98 Å². The van der Waals surface area contributed by atoms with Gasteiger partial charge < -0.3 is 20.7 Å². The van der Waals surface area contributed by atoms with E-state index < -0.39 is 36.9 Å². The van der Waals surface area contributed by atoms with E-state index in [1.54, 1.807) is 0 Å². The Bertz CT molecular complexity index is 466. The lowest BCUT2D eigenvalue weighted by Crippen LogP contribution is -2.33. The third-order valence-electron chi connectivity index (χ3n) is 2.60. The normalized spacial score (nSPS) is 32.9. The van der Waals surface area contributed by atoms with Gasteiger partial charge in [-0.2, -0.15) is 4.98 Å². The molecule has 7 nitrogen and oxygen atoms in total. The number of aliphatic hydroxyl groups is 2. The van der Waals surface area contributed by atoms with Crippen molar-refractivity contribution in [3.63, 3.8) is 0 Å². The molecule has 1 aliphatic heterocycles. The fourth-order valence-corrected chi connectivity index (χ4v) is 1.70. The van der Waals surface area contributed by atoms with Gasteiger partial charge in [-0.05, 0) is 6.07 Å². The molecule has 17 heavy (non-hydrogen) atoms. The van der Waals surface area contributed by atoms with Crippen LogP contribution in [0.4, 0.5) is 10.2 Å². The van der Waals surface area contributed by atoms with E-state index in [0.29, 0.717) is 0 Å². The van der Waals surface area contributed by atoms with Gasteiger partial charge in [-0.1, -0.05) is 0 Å². The number of ether oxygens (including phenoxy) is 1. The van der Waals surface area contributed by atoms with Gasteiger partial charge in [0.05, 0.1) is 6.61 Å². The van der Waals surface area contributed by atoms with Gasteiger partial charge in [0.2, 0.25) is 0 Å². The maximum absolute atomic E-state index is 13.7. The summed E-state index contributed by atoms with van der Waals surface area (Å²) in [5.41, 5.74) is 4.52. The first-order valence-corrected chi connectivity index (χ1v) is 4.97. The predicted octanol–water partition coefficient (Wildman–Crippen LogP) is -1.59. The lowest BCUT2D eigenvalue weighted by atomic mass is 10.1. The summed E-state index contributed by atoms with van der Waals surface area (Å²) in [6, 6.07) is 1.32. The summed E-state index contributed by atoms with van der Waals surface area (Å²) in [6.07, 6.45) is -4.42. The zero-order valence-electron chi connectivity index (χ0n) is 8.73. The minimum absolute atomic E-state index is 0.0129. The molecule has 0 unspecified atom stereocenters. The number of nitrogen functional groups attached to an aromatic ring is 1. The summed E-state index contributed by atoms with van der Waals surface area (Å²) < 4.78 is 19.6. The van der Waals surface area contributed by atoms with Crippen molar-refractivity contribution in [3.05, 3.63) is 22.7 Å². The third-order valence-corrected chi connectivity index (χ3v) is 2.60. The second kappa shape index (κ2) is 4.40. The molecule has 0 saturated carbocycles. The standard InChI is InChI=1S/C9H12FN3O4/c10-6-7(15)4(3-14)17-8(6)13-2-1-5(11)12-9(13)16/h1-2,4,6-8,14-15H,3H2,(H2,11,12,16)/t4-,6+,7+,8+/m0/s1. The molecule has 0 aromatic carbocycles. The molecule has 1 aromatic heterocycles. The summed E-state index contributed by atoms with van der Waals surface area (Å²) in [6.45, 7) is -0.533. The SMILES string of the molecule is Nc1ccn([C@@H]2O[C@@H](CO)[C@@H](O)[C@H]2F)c(=O)n1. The summed E-state index contributed by atoms with van der Waals surface area (Å²) in [5.74, 6) is 0.0129. The van der Waals surface area contributed by atoms with Crippen LogP contribution in [0.25, 0.3) is 0 Å². The Balaban J connectivity index is 2.32. The highest BCUT2D eigenvalue weighted by atomic mass is 19.1.